The Morgan fingerprint density at radius 3 is 2.06 bits per heavy atom. The molecule has 104 valence electrons. The molecule has 0 bridgehead atoms. The van der Waals surface area contributed by atoms with Crippen LogP contribution >= 0.6 is 0 Å². The first kappa shape index (κ1) is 16.4. The number of carbonyl (C=O) groups excluding carboxylic acids is 2. The Kier molecular flexibility index (Phi) is 6.32. The van der Waals surface area contributed by atoms with Gasteiger partial charge in [-0.3, -0.25) is 9.59 Å². The summed E-state index contributed by atoms with van der Waals surface area (Å²) in [6, 6.07) is -1.31. The van der Waals surface area contributed by atoms with Crippen molar-refractivity contribution in [2.45, 2.75) is 39.2 Å². The number of carboxylic acids is 1. The van der Waals surface area contributed by atoms with Gasteiger partial charge in [-0.2, -0.15) is 0 Å². The van der Waals surface area contributed by atoms with E-state index >= 15 is 0 Å². The molecule has 0 aromatic carbocycles. The van der Waals surface area contributed by atoms with Crippen LogP contribution in [0.2, 0.25) is 0 Å². The highest BCUT2D eigenvalue weighted by Gasteiger charge is 2.36. The van der Waals surface area contributed by atoms with Gasteiger partial charge in [0.15, 0.2) is 0 Å². The van der Waals surface area contributed by atoms with Gasteiger partial charge in [0.2, 0.25) is 11.8 Å². The third kappa shape index (κ3) is 3.99. The first-order valence-electron chi connectivity index (χ1n) is 5.85. The number of rotatable bonds is 8. The Balaban J connectivity index is 4.87. The number of hydrogen-bond donors (Lipinski definition) is 4. The van der Waals surface area contributed by atoms with Crippen molar-refractivity contribution in [1.82, 2.24) is 5.32 Å². The highest BCUT2D eigenvalue weighted by molar-refractivity contribution is 5.90. The summed E-state index contributed by atoms with van der Waals surface area (Å²) in [5.41, 5.74) is 9.72. The molecule has 7 nitrogen and oxygen atoms in total. The maximum Gasteiger partial charge on any atom is 0.326 e. The summed E-state index contributed by atoms with van der Waals surface area (Å²) in [7, 11) is 0. The van der Waals surface area contributed by atoms with Crippen LogP contribution in [-0.4, -0.2) is 35.5 Å². The van der Waals surface area contributed by atoms with E-state index in [1.807, 2.05) is 0 Å². The molecular weight excluding hydrogens is 238 g/mol. The van der Waals surface area contributed by atoms with E-state index in [1.165, 1.54) is 0 Å². The molecule has 2 amide bonds. The van der Waals surface area contributed by atoms with Crippen molar-refractivity contribution in [2.24, 2.45) is 16.9 Å². The number of hydrogen-bond acceptors (Lipinski definition) is 4. The van der Waals surface area contributed by atoms with Gasteiger partial charge in [-0.05, 0) is 12.8 Å². The SMILES string of the molecule is CCC(CC)(CN)C(=O)N[C@H](CC(N)=O)C(=O)O. The quantitative estimate of drug-likeness (QED) is 0.452. The van der Waals surface area contributed by atoms with Gasteiger partial charge in [0, 0.05) is 6.54 Å². The van der Waals surface area contributed by atoms with Crippen LogP contribution in [-0.2, 0) is 14.4 Å². The number of aliphatic carboxylic acids is 1. The standard InChI is InChI=1S/C11H21N3O4/c1-3-11(4-2,6-12)10(18)14-7(9(16)17)5-8(13)15/h7H,3-6,12H2,1-2H3,(H2,13,15)(H,14,18)(H,16,17)/t7-/m1/s1. The number of nitrogens with one attached hydrogen (secondary N) is 1. The molecule has 7 heteroatoms. The number of carbonyl (C=O) groups is 3. The van der Waals surface area contributed by atoms with E-state index in [4.69, 9.17) is 16.6 Å². The van der Waals surface area contributed by atoms with Crippen molar-refractivity contribution in [1.29, 1.82) is 0 Å². The van der Waals surface area contributed by atoms with Crippen molar-refractivity contribution >= 4 is 17.8 Å². The molecular formula is C11H21N3O4. The zero-order valence-electron chi connectivity index (χ0n) is 10.7. The lowest BCUT2D eigenvalue weighted by molar-refractivity contribution is -0.145. The molecule has 0 radical (unpaired) electrons. The normalized spacial score (nSPS) is 12.8. The van der Waals surface area contributed by atoms with Crippen molar-refractivity contribution < 1.29 is 19.5 Å². The third-order valence-electron chi connectivity index (χ3n) is 3.23. The Hall–Kier alpha value is -1.63. The van der Waals surface area contributed by atoms with Crippen LogP contribution in [0.15, 0.2) is 0 Å². The zero-order valence-corrected chi connectivity index (χ0v) is 10.7. The molecule has 0 aromatic rings. The van der Waals surface area contributed by atoms with Gasteiger partial charge in [0.1, 0.15) is 6.04 Å². The average Bonchev–Trinajstić information content (AvgIpc) is 2.30. The molecule has 0 saturated heterocycles. The fourth-order valence-electron chi connectivity index (χ4n) is 1.67. The fourth-order valence-corrected chi connectivity index (χ4v) is 1.67. The van der Waals surface area contributed by atoms with Gasteiger partial charge >= 0.3 is 5.97 Å². The maximum absolute atomic E-state index is 12.0. The van der Waals surface area contributed by atoms with E-state index in [0.29, 0.717) is 12.8 Å². The molecule has 0 unspecified atom stereocenters. The Morgan fingerprint density at radius 1 is 1.28 bits per heavy atom. The second kappa shape index (κ2) is 6.95. The van der Waals surface area contributed by atoms with Gasteiger partial charge in [0.05, 0.1) is 11.8 Å². The Labute approximate surface area is 106 Å². The van der Waals surface area contributed by atoms with E-state index < -0.39 is 35.7 Å². The minimum atomic E-state index is -1.31. The van der Waals surface area contributed by atoms with Crippen LogP contribution in [0.3, 0.4) is 0 Å². The summed E-state index contributed by atoms with van der Waals surface area (Å²) in [5, 5.41) is 11.2. The van der Waals surface area contributed by atoms with Crippen LogP contribution in [0.5, 0.6) is 0 Å². The smallest absolute Gasteiger partial charge is 0.326 e. The predicted molar refractivity (Wildman–Crippen MR) is 65.4 cm³/mol. The third-order valence-corrected chi connectivity index (χ3v) is 3.23. The van der Waals surface area contributed by atoms with E-state index in [9.17, 15) is 14.4 Å². The summed E-state index contributed by atoms with van der Waals surface area (Å²) in [5.74, 6) is -2.53. The van der Waals surface area contributed by atoms with E-state index in [-0.39, 0.29) is 6.54 Å². The number of nitrogens with two attached hydrogens (primary N) is 2. The lowest BCUT2D eigenvalue weighted by Crippen LogP contribution is -2.52. The first-order chi connectivity index (χ1) is 8.32. The number of amides is 2. The van der Waals surface area contributed by atoms with Crippen molar-refractivity contribution in [3.8, 4) is 0 Å². The van der Waals surface area contributed by atoms with Crippen LogP contribution in [0, 0.1) is 5.41 Å². The highest BCUT2D eigenvalue weighted by Crippen LogP contribution is 2.25. The van der Waals surface area contributed by atoms with Crippen molar-refractivity contribution in [3.63, 3.8) is 0 Å². The zero-order chi connectivity index (χ0) is 14.3. The van der Waals surface area contributed by atoms with Crippen LogP contribution < -0.4 is 16.8 Å². The topological polar surface area (TPSA) is 136 Å². The van der Waals surface area contributed by atoms with Crippen molar-refractivity contribution in [2.75, 3.05) is 6.54 Å². The molecule has 18 heavy (non-hydrogen) atoms. The lowest BCUT2D eigenvalue weighted by Gasteiger charge is -2.29. The van der Waals surface area contributed by atoms with Gasteiger partial charge in [-0.15, -0.1) is 0 Å². The van der Waals surface area contributed by atoms with Gasteiger partial charge in [0.25, 0.3) is 0 Å². The molecule has 0 aromatic heterocycles. The molecule has 0 spiro atoms. The molecule has 0 rings (SSSR count). The summed E-state index contributed by atoms with van der Waals surface area (Å²) in [6.45, 7) is 3.73. The maximum atomic E-state index is 12.0. The minimum Gasteiger partial charge on any atom is -0.480 e. The molecule has 0 aliphatic carbocycles. The van der Waals surface area contributed by atoms with Gasteiger partial charge < -0.3 is 21.9 Å². The largest absolute Gasteiger partial charge is 0.480 e. The Morgan fingerprint density at radius 2 is 1.78 bits per heavy atom. The summed E-state index contributed by atoms with van der Waals surface area (Å²) < 4.78 is 0. The Bertz CT molecular complexity index is 318. The monoisotopic (exact) mass is 259 g/mol. The van der Waals surface area contributed by atoms with Crippen LogP contribution in [0.25, 0.3) is 0 Å². The van der Waals surface area contributed by atoms with Gasteiger partial charge in [-0.25, -0.2) is 4.79 Å². The van der Waals surface area contributed by atoms with E-state index in [2.05, 4.69) is 5.32 Å². The summed E-state index contributed by atoms with van der Waals surface area (Å²) in [4.78, 5) is 33.7. The number of primary amides is 1. The summed E-state index contributed by atoms with van der Waals surface area (Å²) in [6.07, 6.45) is 0.554. The van der Waals surface area contributed by atoms with Crippen LogP contribution in [0.4, 0.5) is 0 Å². The molecule has 0 heterocycles. The molecule has 0 aliphatic rings. The van der Waals surface area contributed by atoms with E-state index in [0.717, 1.165) is 0 Å². The second-order valence-corrected chi connectivity index (χ2v) is 4.23. The number of carboxylic acid groups (broad SMARTS) is 1. The second-order valence-electron chi connectivity index (χ2n) is 4.23. The lowest BCUT2D eigenvalue weighted by atomic mass is 9.81. The highest BCUT2D eigenvalue weighted by atomic mass is 16.4. The predicted octanol–water partition coefficient (Wildman–Crippen LogP) is -0.804. The molecule has 0 saturated carbocycles. The van der Waals surface area contributed by atoms with E-state index in [1.54, 1.807) is 13.8 Å². The fraction of sp³-hybridized carbons (Fsp3) is 0.727. The minimum absolute atomic E-state index is 0.120. The molecule has 0 aliphatic heterocycles. The molecule has 1 atom stereocenters. The molecule has 0 fully saturated rings. The average molecular weight is 259 g/mol. The van der Waals surface area contributed by atoms with Gasteiger partial charge in [-0.1, -0.05) is 13.8 Å². The van der Waals surface area contributed by atoms with Crippen molar-refractivity contribution in [3.05, 3.63) is 0 Å². The summed E-state index contributed by atoms with van der Waals surface area (Å²) >= 11 is 0. The van der Waals surface area contributed by atoms with Crippen LogP contribution in [0.1, 0.15) is 33.1 Å². The first-order valence-corrected chi connectivity index (χ1v) is 5.85. The molecule has 6 N–H and O–H groups in total.